The highest BCUT2D eigenvalue weighted by Crippen LogP contribution is 2.21. The number of nitrogens with one attached hydrogen (secondary N) is 1. The lowest BCUT2D eigenvalue weighted by Crippen LogP contribution is -2.27. The summed E-state index contributed by atoms with van der Waals surface area (Å²) in [4.78, 5) is 24.3. The minimum atomic E-state index is -3.43. The summed E-state index contributed by atoms with van der Waals surface area (Å²) in [5.41, 5.74) is 1.55. The monoisotopic (exact) mass is 416 g/mol. The summed E-state index contributed by atoms with van der Waals surface area (Å²) in [6.45, 7) is 1.13. The molecule has 1 amide bonds. The lowest BCUT2D eigenvalue weighted by Gasteiger charge is -2.15. The number of amides is 1. The first-order valence-corrected chi connectivity index (χ1v) is 10.9. The average Bonchev–Trinajstić information content (AvgIpc) is 3.28. The Balaban J connectivity index is 1.59. The van der Waals surface area contributed by atoms with Crippen molar-refractivity contribution in [2.75, 3.05) is 25.5 Å². The van der Waals surface area contributed by atoms with Crippen LogP contribution >= 0.6 is 0 Å². The predicted molar refractivity (Wildman–Crippen MR) is 109 cm³/mol. The minimum absolute atomic E-state index is 0.202. The van der Waals surface area contributed by atoms with Gasteiger partial charge in [-0.25, -0.2) is 13.2 Å². The smallest absolute Gasteiger partial charge is 0.339 e. The number of benzene rings is 2. The summed E-state index contributed by atoms with van der Waals surface area (Å²) in [5.74, 6) is -0.759. The van der Waals surface area contributed by atoms with Crippen molar-refractivity contribution >= 4 is 27.6 Å². The van der Waals surface area contributed by atoms with E-state index in [0.717, 1.165) is 18.4 Å². The van der Waals surface area contributed by atoms with Gasteiger partial charge in [0.1, 0.15) is 0 Å². The van der Waals surface area contributed by atoms with Crippen LogP contribution in [-0.2, 0) is 26.0 Å². The molecule has 0 atom stereocenters. The molecule has 0 radical (unpaired) electrons. The van der Waals surface area contributed by atoms with Crippen molar-refractivity contribution in [2.24, 2.45) is 0 Å². The van der Waals surface area contributed by atoms with Crippen LogP contribution in [0.5, 0.6) is 0 Å². The lowest BCUT2D eigenvalue weighted by atomic mass is 10.1. The summed E-state index contributed by atoms with van der Waals surface area (Å²) in [6.07, 6.45) is 2.45. The van der Waals surface area contributed by atoms with E-state index in [0.29, 0.717) is 30.8 Å². The quantitative estimate of drug-likeness (QED) is 0.701. The Labute approximate surface area is 170 Å². The number of ether oxygens (including phenoxy) is 1. The lowest BCUT2D eigenvalue weighted by molar-refractivity contribution is -0.116. The zero-order valence-corrected chi connectivity index (χ0v) is 17.1. The van der Waals surface area contributed by atoms with Crippen molar-refractivity contribution in [3.63, 3.8) is 0 Å². The van der Waals surface area contributed by atoms with Crippen LogP contribution in [0, 0.1) is 0 Å². The maximum Gasteiger partial charge on any atom is 0.339 e. The molecule has 0 unspecified atom stereocenters. The van der Waals surface area contributed by atoms with Gasteiger partial charge in [-0.15, -0.1) is 0 Å². The molecule has 0 aromatic heterocycles. The van der Waals surface area contributed by atoms with Gasteiger partial charge in [-0.3, -0.25) is 4.79 Å². The molecule has 1 fully saturated rings. The van der Waals surface area contributed by atoms with Crippen LogP contribution in [0.2, 0.25) is 0 Å². The third-order valence-electron chi connectivity index (χ3n) is 4.87. The zero-order chi connectivity index (χ0) is 20.9. The number of carbonyl (C=O) groups is 2. The molecule has 2 aromatic rings. The van der Waals surface area contributed by atoms with Crippen molar-refractivity contribution < 1.29 is 22.7 Å². The van der Waals surface area contributed by atoms with Crippen molar-refractivity contribution in [1.82, 2.24) is 4.31 Å². The fourth-order valence-corrected chi connectivity index (χ4v) is 4.77. The fraction of sp³-hybridized carbons (Fsp3) is 0.333. The topological polar surface area (TPSA) is 92.8 Å². The molecule has 1 aliphatic rings. The van der Waals surface area contributed by atoms with Crippen molar-refractivity contribution in [2.45, 2.75) is 30.6 Å². The molecular weight excluding hydrogens is 392 g/mol. The summed E-state index contributed by atoms with van der Waals surface area (Å²) in [5, 5.41) is 2.73. The fourth-order valence-electron chi connectivity index (χ4n) is 3.26. The number of sulfonamides is 1. The van der Waals surface area contributed by atoms with Gasteiger partial charge in [0.25, 0.3) is 0 Å². The van der Waals surface area contributed by atoms with E-state index >= 15 is 0 Å². The molecule has 154 valence electrons. The van der Waals surface area contributed by atoms with Crippen molar-refractivity contribution in [1.29, 1.82) is 0 Å². The molecule has 1 heterocycles. The standard InChI is InChI=1S/C21H24N2O5S/c1-28-21(25)18-6-2-3-7-19(18)22-20(24)13-10-16-8-11-17(12-9-16)29(26,27)23-14-4-5-15-23/h2-3,6-9,11-12H,4-5,10,13-15H2,1H3,(H,22,24). The Hall–Kier alpha value is -2.71. The van der Waals surface area contributed by atoms with E-state index in [4.69, 9.17) is 4.74 Å². The molecule has 2 aromatic carbocycles. The third kappa shape index (κ3) is 5.02. The number of hydrogen-bond donors (Lipinski definition) is 1. The van der Waals surface area contributed by atoms with E-state index in [2.05, 4.69) is 5.32 Å². The normalized spacial score (nSPS) is 14.5. The van der Waals surface area contributed by atoms with Crippen LogP contribution < -0.4 is 5.32 Å². The second-order valence-corrected chi connectivity index (χ2v) is 8.78. The van der Waals surface area contributed by atoms with Gasteiger partial charge in [0, 0.05) is 19.5 Å². The van der Waals surface area contributed by atoms with E-state index in [-0.39, 0.29) is 17.2 Å². The number of esters is 1. The molecule has 8 heteroatoms. The minimum Gasteiger partial charge on any atom is -0.465 e. The second-order valence-electron chi connectivity index (χ2n) is 6.84. The number of nitrogens with zero attached hydrogens (tertiary/aromatic N) is 1. The largest absolute Gasteiger partial charge is 0.465 e. The predicted octanol–water partition coefficient (Wildman–Crippen LogP) is 2.83. The van der Waals surface area contributed by atoms with E-state index < -0.39 is 16.0 Å². The van der Waals surface area contributed by atoms with E-state index in [1.807, 2.05) is 0 Å². The van der Waals surface area contributed by atoms with E-state index in [1.165, 1.54) is 11.4 Å². The molecule has 0 spiro atoms. The van der Waals surface area contributed by atoms with Crippen LogP contribution in [-0.4, -0.2) is 44.8 Å². The zero-order valence-electron chi connectivity index (χ0n) is 16.3. The van der Waals surface area contributed by atoms with E-state index in [9.17, 15) is 18.0 Å². The number of aryl methyl sites for hydroxylation is 1. The first-order valence-electron chi connectivity index (χ1n) is 9.48. The number of para-hydroxylation sites is 1. The molecule has 0 aliphatic carbocycles. The number of methoxy groups -OCH3 is 1. The van der Waals surface area contributed by atoms with Gasteiger partial charge in [-0.2, -0.15) is 4.31 Å². The Morgan fingerprint density at radius 2 is 1.69 bits per heavy atom. The Morgan fingerprint density at radius 1 is 1.03 bits per heavy atom. The van der Waals surface area contributed by atoms with Crippen LogP contribution in [0.3, 0.4) is 0 Å². The van der Waals surface area contributed by atoms with Gasteiger partial charge in [-0.1, -0.05) is 24.3 Å². The summed E-state index contributed by atoms with van der Waals surface area (Å²) < 4.78 is 31.3. The average molecular weight is 416 g/mol. The van der Waals surface area contributed by atoms with Crippen molar-refractivity contribution in [3.05, 3.63) is 59.7 Å². The van der Waals surface area contributed by atoms with Gasteiger partial charge in [0.05, 0.1) is 23.3 Å². The number of rotatable bonds is 7. The molecule has 7 nitrogen and oxygen atoms in total. The summed E-state index contributed by atoms with van der Waals surface area (Å²) >= 11 is 0. The Morgan fingerprint density at radius 3 is 2.34 bits per heavy atom. The maximum absolute atomic E-state index is 12.6. The molecule has 29 heavy (non-hydrogen) atoms. The molecule has 1 N–H and O–H groups in total. The molecule has 1 saturated heterocycles. The number of anilines is 1. The highest BCUT2D eigenvalue weighted by atomic mass is 32.2. The molecule has 0 saturated carbocycles. The SMILES string of the molecule is COC(=O)c1ccccc1NC(=O)CCc1ccc(S(=O)(=O)N2CCCC2)cc1. The molecular formula is C21H24N2O5S. The van der Waals surface area contributed by atoms with Crippen LogP contribution in [0.15, 0.2) is 53.4 Å². The first kappa shape index (κ1) is 21.0. The molecule has 0 bridgehead atoms. The maximum atomic E-state index is 12.6. The van der Waals surface area contributed by atoms with Crippen LogP contribution in [0.4, 0.5) is 5.69 Å². The van der Waals surface area contributed by atoms with Gasteiger partial charge >= 0.3 is 5.97 Å². The molecule has 3 rings (SSSR count). The number of hydrogen-bond acceptors (Lipinski definition) is 5. The second kappa shape index (κ2) is 9.19. The molecule has 1 aliphatic heterocycles. The Bertz CT molecular complexity index is 980. The van der Waals surface area contributed by atoms with E-state index in [1.54, 1.807) is 48.5 Å². The van der Waals surface area contributed by atoms with Gasteiger partial charge in [0.2, 0.25) is 15.9 Å². The summed E-state index contributed by atoms with van der Waals surface area (Å²) in [7, 11) is -2.15. The summed E-state index contributed by atoms with van der Waals surface area (Å²) in [6, 6.07) is 13.3. The first-order chi connectivity index (χ1) is 13.9. The van der Waals surface area contributed by atoms with Gasteiger partial charge < -0.3 is 10.1 Å². The Kier molecular flexibility index (Phi) is 6.66. The highest BCUT2D eigenvalue weighted by Gasteiger charge is 2.26. The highest BCUT2D eigenvalue weighted by molar-refractivity contribution is 7.89. The van der Waals surface area contributed by atoms with Gasteiger partial charge in [-0.05, 0) is 49.1 Å². The third-order valence-corrected chi connectivity index (χ3v) is 6.79. The van der Waals surface area contributed by atoms with Crippen molar-refractivity contribution in [3.8, 4) is 0 Å². The number of carbonyl (C=O) groups excluding carboxylic acids is 2. The van der Waals surface area contributed by atoms with Gasteiger partial charge in [0.15, 0.2) is 0 Å². The van der Waals surface area contributed by atoms with Crippen LogP contribution in [0.1, 0.15) is 35.2 Å². The van der Waals surface area contributed by atoms with Crippen LogP contribution in [0.25, 0.3) is 0 Å².